The molecule has 1 aromatic rings. The summed E-state index contributed by atoms with van der Waals surface area (Å²) in [6.07, 6.45) is 0. The van der Waals surface area contributed by atoms with Gasteiger partial charge in [0, 0.05) is 20.0 Å². The first-order valence-corrected chi connectivity index (χ1v) is 7.24. The predicted octanol–water partition coefficient (Wildman–Crippen LogP) is 0.418. The largest absolute Gasteiger partial charge is 0.495 e. The van der Waals surface area contributed by atoms with Crippen LogP contribution in [0.4, 0.5) is 0 Å². The molecule has 1 aromatic carbocycles. The summed E-state index contributed by atoms with van der Waals surface area (Å²) in [6.45, 7) is 3.54. The molecule has 19 heavy (non-hydrogen) atoms. The van der Waals surface area contributed by atoms with E-state index in [9.17, 15) is 13.2 Å². The Morgan fingerprint density at radius 2 is 2.00 bits per heavy atom. The number of hydrogen-bond donors (Lipinski definition) is 2. The van der Waals surface area contributed by atoms with Gasteiger partial charge in [0.2, 0.25) is 15.9 Å². The van der Waals surface area contributed by atoms with Gasteiger partial charge in [-0.1, -0.05) is 6.07 Å². The van der Waals surface area contributed by atoms with E-state index in [1.807, 2.05) is 0 Å². The van der Waals surface area contributed by atoms with Crippen LogP contribution >= 0.6 is 0 Å². The van der Waals surface area contributed by atoms with Crippen LogP contribution in [0.15, 0.2) is 23.1 Å². The smallest absolute Gasteiger partial charge is 0.244 e. The Balaban J connectivity index is 2.82. The van der Waals surface area contributed by atoms with E-state index >= 15 is 0 Å². The molecule has 1 amide bonds. The van der Waals surface area contributed by atoms with Crippen molar-refractivity contribution < 1.29 is 17.9 Å². The molecule has 0 aromatic heterocycles. The van der Waals surface area contributed by atoms with Gasteiger partial charge in [0.25, 0.3) is 0 Å². The SMILES string of the molecule is COc1ccc(C)cc1S(=O)(=O)NCCNC(C)=O. The first-order chi connectivity index (χ1) is 8.86. The van der Waals surface area contributed by atoms with Crippen LogP contribution in [0.5, 0.6) is 5.75 Å². The number of methoxy groups -OCH3 is 1. The number of benzene rings is 1. The molecule has 2 N–H and O–H groups in total. The second-order valence-electron chi connectivity index (χ2n) is 4.04. The molecule has 0 heterocycles. The molecular weight excluding hydrogens is 268 g/mol. The van der Waals surface area contributed by atoms with Gasteiger partial charge in [-0.25, -0.2) is 13.1 Å². The number of carbonyl (C=O) groups excluding carboxylic acids is 1. The minimum absolute atomic E-state index is 0.0952. The Morgan fingerprint density at radius 3 is 2.58 bits per heavy atom. The number of amides is 1. The van der Waals surface area contributed by atoms with Gasteiger partial charge in [-0.15, -0.1) is 0 Å². The standard InChI is InChI=1S/C12H18N2O4S/c1-9-4-5-11(18-3)12(8-9)19(16,17)14-7-6-13-10(2)15/h4-5,8,14H,6-7H2,1-3H3,(H,13,15). The van der Waals surface area contributed by atoms with Crippen LogP contribution in [0.25, 0.3) is 0 Å². The molecule has 0 spiro atoms. The maximum absolute atomic E-state index is 12.1. The van der Waals surface area contributed by atoms with E-state index in [2.05, 4.69) is 10.0 Å². The number of hydrogen-bond acceptors (Lipinski definition) is 4. The van der Waals surface area contributed by atoms with Crippen molar-refractivity contribution in [2.75, 3.05) is 20.2 Å². The highest BCUT2D eigenvalue weighted by Crippen LogP contribution is 2.24. The molecule has 6 nitrogen and oxygen atoms in total. The summed E-state index contributed by atoms with van der Waals surface area (Å²) in [5.41, 5.74) is 0.822. The topological polar surface area (TPSA) is 84.5 Å². The number of sulfonamides is 1. The summed E-state index contributed by atoms with van der Waals surface area (Å²) in [5, 5.41) is 2.51. The van der Waals surface area contributed by atoms with Crippen molar-refractivity contribution in [2.24, 2.45) is 0 Å². The van der Waals surface area contributed by atoms with E-state index in [0.717, 1.165) is 5.56 Å². The summed E-state index contributed by atoms with van der Waals surface area (Å²) < 4.78 is 31.7. The van der Waals surface area contributed by atoms with E-state index < -0.39 is 10.0 Å². The predicted molar refractivity (Wildman–Crippen MR) is 71.6 cm³/mol. The Bertz CT molecular complexity index is 555. The average molecular weight is 286 g/mol. The van der Waals surface area contributed by atoms with Crippen LogP contribution in [-0.2, 0) is 14.8 Å². The molecule has 0 saturated heterocycles. The van der Waals surface area contributed by atoms with E-state index in [0.29, 0.717) is 0 Å². The lowest BCUT2D eigenvalue weighted by Gasteiger charge is -2.11. The zero-order valence-electron chi connectivity index (χ0n) is 11.2. The van der Waals surface area contributed by atoms with Gasteiger partial charge in [0.15, 0.2) is 0 Å². The molecule has 1 rings (SSSR count). The molecular formula is C12H18N2O4S. The zero-order valence-corrected chi connectivity index (χ0v) is 12.0. The molecule has 0 bridgehead atoms. The summed E-state index contributed by atoms with van der Waals surface area (Å²) in [5.74, 6) is 0.0879. The fraction of sp³-hybridized carbons (Fsp3) is 0.417. The van der Waals surface area contributed by atoms with Crippen LogP contribution in [-0.4, -0.2) is 34.5 Å². The van der Waals surface area contributed by atoms with E-state index in [1.165, 1.54) is 14.0 Å². The molecule has 0 aliphatic rings. The fourth-order valence-electron chi connectivity index (χ4n) is 1.50. The second kappa shape index (κ2) is 6.53. The lowest BCUT2D eigenvalue weighted by atomic mass is 10.2. The average Bonchev–Trinajstić information content (AvgIpc) is 2.34. The van der Waals surface area contributed by atoms with Gasteiger partial charge in [-0.3, -0.25) is 4.79 Å². The van der Waals surface area contributed by atoms with E-state index in [1.54, 1.807) is 25.1 Å². The number of nitrogens with one attached hydrogen (secondary N) is 2. The Morgan fingerprint density at radius 1 is 1.32 bits per heavy atom. The minimum Gasteiger partial charge on any atom is -0.495 e. The maximum atomic E-state index is 12.1. The van der Waals surface area contributed by atoms with E-state index in [-0.39, 0.29) is 29.6 Å². The van der Waals surface area contributed by atoms with Gasteiger partial charge in [-0.05, 0) is 24.6 Å². The van der Waals surface area contributed by atoms with Crippen molar-refractivity contribution in [1.82, 2.24) is 10.0 Å². The second-order valence-corrected chi connectivity index (χ2v) is 5.77. The van der Waals surface area contributed by atoms with Crippen molar-refractivity contribution >= 4 is 15.9 Å². The molecule has 0 fully saturated rings. The molecule has 0 radical (unpaired) electrons. The number of aryl methyl sites for hydroxylation is 1. The number of rotatable bonds is 6. The third-order valence-corrected chi connectivity index (χ3v) is 3.88. The first-order valence-electron chi connectivity index (χ1n) is 5.75. The van der Waals surface area contributed by atoms with Crippen LogP contribution in [0.2, 0.25) is 0 Å². The van der Waals surface area contributed by atoms with Crippen LogP contribution < -0.4 is 14.8 Å². The first kappa shape index (κ1) is 15.5. The van der Waals surface area contributed by atoms with Gasteiger partial charge < -0.3 is 10.1 Å². The van der Waals surface area contributed by atoms with Gasteiger partial charge >= 0.3 is 0 Å². The van der Waals surface area contributed by atoms with Crippen molar-refractivity contribution in [3.8, 4) is 5.75 Å². The van der Waals surface area contributed by atoms with Crippen LogP contribution in [0, 0.1) is 6.92 Å². The van der Waals surface area contributed by atoms with Crippen LogP contribution in [0.1, 0.15) is 12.5 Å². The molecule has 0 aliphatic heterocycles. The minimum atomic E-state index is -3.65. The highest BCUT2D eigenvalue weighted by atomic mass is 32.2. The Kier molecular flexibility index (Phi) is 5.31. The number of ether oxygens (including phenoxy) is 1. The zero-order chi connectivity index (χ0) is 14.5. The molecule has 0 aliphatic carbocycles. The lowest BCUT2D eigenvalue weighted by molar-refractivity contribution is -0.118. The monoisotopic (exact) mass is 286 g/mol. The third kappa shape index (κ3) is 4.53. The quantitative estimate of drug-likeness (QED) is 0.742. The third-order valence-electron chi connectivity index (χ3n) is 2.40. The normalized spacial score (nSPS) is 11.1. The summed E-state index contributed by atoms with van der Waals surface area (Å²) in [7, 11) is -2.23. The van der Waals surface area contributed by atoms with Crippen LogP contribution in [0.3, 0.4) is 0 Å². The van der Waals surface area contributed by atoms with Crippen molar-refractivity contribution in [2.45, 2.75) is 18.7 Å². The Hall–Kier alpha value is -1.60. The number of carbonyl (C=O) groups is 1. The van der Waals surface area contributed by atoms with E-state index in [4.69, 9.17) is 4.74 Å². The fourth-order valence-corrected chi connectivity index (χ4v) is 2.78. The van der Waals surface area contributed by atoms with Gasteiger partial charge in [0.1, 0.15) is 10.6 Å². The summed E-state index contributed by atoms with van der Waals surface area (Å²) in [6, 6.07) is 4.92. The Labute approximate surface area is 113 Å². The summed E-state index contributed by atoms with van der Waals surface area (Å²) in [4.78, 5) is 10.8. The maximum Gasteiger partial charge on any atom is 0.244 e. The van der Waals surface area contributed by atoms with Crippen molar-refractivity contribution in [3.63, 3.8) is 0 Å². The molecule has 0 saturated carbocycles. The highest BCUT2D eigenvalue weighted by Gasteiger charge is 2.18. The molecule has 0 unspecified atom stereocenters. The summed E-state index contributed by atoms with van der Waals surface area (Å²) >= 11 is 0. The molecule has 7 heteroatoms. The lowest BCUT2D eigenvalue weighted by Crippen LogP contribution is -2.33. The van der Waals surface area contributed by atoms with Gasteiger partial charge in [-0.2, -0.15) is 0 Å². The van der Waals surface area contributed by atoms with Crippen molar-refractivity contribution in [3.05, 3.63) is 23.8 Å². The van der Waals surface area contributed by atoms with Crippen molar-refractivity contribution in [1.29, 1.82) is 0 Å². The molecule has 106 valence electrons. The van der Waals surface area contributed by atoms with Gasteiger partial charge in [0.05, 0.1) is 7.11 Å². The molecule has 0 atom stereocenters. The highest BCUT2D eigenvalue weighted by molar-refractivity contribution is 7.89.